The van der Waals surface area contributed by atoms with Crippen LogP contribution < -0.4 is 15.8 Å². The molecule has 0 bridgehead atoms. The fraction of sp³-hybridized carbons (Fsp3) is 0.333. The maximum atomic E-state index is 12.4. The van der Waals surface area contributed by atoms with E-state index in [-0.39, 0.29) is 4.90 Å². The molecule has 0 fully saturated rings. The zero-order valence-electron chi connectivity index (χ0n) is 14.6. The number of anilines is 3. The minimum absolute atomic E-state index is 0.142. The van der Waals surface area contributed by atoms with Crippen molar-refractivity contribution in [3.05, 3.63) is 48.0 Å². The first-order chi connectivity index (χ1) is 11.6. The molecule has 0 saturated carbocycles. The smallest absolute Gasteiger partial charge is 0.241 e. The third-order valence-electron chi connectivity index (χ3n) is 3.39. The summed E-state index contributed by atoms with van der Waals surface area (Å²) in [4.78, 5) is 0.142. The van der Waals surface area contributed by atoms with Crippen LogP contribution in [0.15, 0.2) is 47.4 Å². The topological polar surface area (TPSA) is 84.2 Å². The SMILES string of the molecule is CC(C)(C)NS(=O)(=O)c1ccc(Nc2ccc(CCCl)cc2)c(N)c1. The van der Waals surface area contributed by atoms with Gasteiger partial charge in [-0.3, -0.25) is 0 Å². The second kappa shape index (κ2) is 7.64. The van der Waals surface area contributed by atoms with Crippen molar-refractivity contribution in [3.8, 4) is 0 Å². The summed E-state index contributed by atoms with van der Waals surface area (Å²) in [6.45, 7) is 5.37. The van der Waals surface area contributed by atoms with Crippen LogP contribution in [-0.4, -0.2) is 19.8 Å². The fourth-order valence-electron chi connectivity index (χ4n) is 2.30. The predicted octanol–water partition coefficient (Wildman–Crippen LogP) is 3.87. The number of rotatable bonds is 6. The minimum Gasteiger partial charge on any atom is -0.397 e. The lowest BCUT2D eigenvalue weighted by Crippen LogP contribution is -2.40. The Labute approximate surface area is 154 Å². The number of alkyl halides is 1. The molecule has 5 nitrogen and oxygen atoms in total. The second-order valence-corrected chi connectivity index (χ2v) is 8.93. The molecule has 2 aromatic carbocycles. The summed E-state index contributed by atoms with van der Waals surface area (Å²) in [5, 5.41) is 3.20. The molecule has 2 rings (SSSR count). The van der Waals surface area contributed by atoms with Crippen molar-refractivity contribution >= 4 is 38.7 Å². The van der Waals surface area contributed by atoms with Gasteiger partial charge < -0.3 is 11.1 Å². The van der Waals surface area contributed by atoms with Gasteiger partial charge in [0, 0.05) is 17.1 Å². The summed E-state index contributed by atoms with van der Waals surface area (Å²) in [5.41, 5.74) is 8.51. The number of nitrogens with two attached hydrogens (primary N) is 1. The summed E-state index contributed by atoms with van der Waals surface area (Å²) >= 11 is 5.73. The number of halogens is 1. The van der Waals surface area contributed by atoms with E-state index in [1.807, 2.05) is 24.3 Å². The molecule has 0 heterocycles. The molecule has 7 heteroatoms. The molecule has 0 unspecified atom stereocenters. The molecule has 0 aliphatic carbocycles. The lowest BCUT2D eigenvalue weighted by molar-refractivity contribution is 0.491. The third kappa shape index (κ3) is 5.63. The fourth-order valence-corrected chi connectivity index (χ4v) is 3.97. The molecule has 0 spiro atoms. The quantitative estimate of drug-likeness (QED) is 0.523. The monoisotopic (exact) mass is 381 g/mol. The summed E-state index contributed by atoms with van der Waals surface area (Å²) in [6.07, 6.45) is 0.817. The van der Waals surface area contributed by atoms with Crippen molar-refractivity contribution in [1.29, 1.82) is 0 Å². The normalized spacial score (nSPS) is 12.2. The molecular weight excluding hydrogens is 358 g/mol. The summed E-state index contributed by atoms with van der Waals surface area (Å²) in [7, 11) is -3.61. The number of sulfonamides is 1. The number of hydrogen-bond acceptors (Lipinski definition) is 4. The predicted molar refractivity (Wildman–Crippen MR) is 105 cm³/mol. The molecule has 0 aromatic heterocycles. The molecule has 0 atom stereocenters. The molecule has 0 aliphatic rings. The average molecular weight is 382 g/mol. The molecule has 2 aromatic rings. The Bertz CT molecular complexity index is 828. The van der Waals surface area contributed by atoms with E-state index >= 15 is 0 Å². The van der Waals surface area contributed by atoms with Crippen LogP contribution in [0.4, 0.5) is 17.1 Å². The minimum atomic E-state index is -3.61. The highest BCUT2D eigenvalue weighted by molar-refractivity contribution is 7.89. The van der Waals surface area contributed by atoms with Gasteiger partial charge in [0.25, 0.3) is 0 Å². The van der Waals surface area contributed by atoms with Gasteiger partial charge in [-0.1, -0.05) is 12.1 Å². The van der Waals surface area contributed by atoms with E-state index < -0.39 is 15.6 Å². The first-order valence-corrected chi connectivity index (χ1v) is 9.98. The van der Waals surface area contributed by atoms with E-state index in [1.54, 1.807) is 26.8 Å². The van der Waals surface area contributed by atoms with Crippen LogP contribution in [0.25, 0.3) is 0 Å². The number of nitrogens with one attached hydrogen (secondary N) is 2. The van der Waals surface area contributed by atoms with Crippen molar-refractivity contribution in [3.63, 3.8) is 0 Å². The van der Waals surface area contributed by atoms with Crippen LogP contribution in [0.1, 0.15) is 26.3 Å². The van der Waals surface area contributed by atoms with Crippen molar-refractivity contribution in [2.45, 2.75) is 37.6 Å². The van der Waals surface area contributed by atoms with Crippen molar-refractivity contribution in [2.75, 3.05) is 16.9 Å². The van der Waals surface area contributed by atoms with Gasteiger partial charge in [-0.2, -0.15) is 0 Å². The van der Waals surface area contributed by atoms with Gasteiger partial charge in [0.15, 0.2) is 0 Å². The molecule has 4 N–H and O–H groups in total. The van der Waals surface area contributed by atoms with Crippen LogP contribution in [0, 0.1) is 0 Å². The number of hydrogen-bond donors (Lipinski definition) is 3. The number of nitrogen functional groups attached to an aromatic ring is 1. The zero-order chi connectivity index (χ0) is 18.7. The van der Waals surface area contributed by atoms with Gasteiger partial charge in [-0.05, 0) is 63.1 Å². The molecular formula is C18H24ClN3O2S. The van der Waals surface area contributed by atoms with E-state index in [4.69, 9.17) is 17.3 Å². The Morgan fingerprint density at radius 3 is 2.24 bits per heavy atom. The van der Waals surface area contributed by atoms with Gasteiger partial charge >= 0.3 is 0 Å². The number of aryl methyl sites for hydroxylation is 1. The van der Waals surface area contributed by atoms with Crippen LogP contribution in [0.2, 0.25) is 0 Å². The first kappa shape index (κ1) is 19.6. The van der Waals surface area contributed by atoms with Crippen molar-refractivity contribution in [1.82, 2.24) is 4.72 Å². The standard InChI is InChI=1S/C18H24ClN3O2S/c1-18(2,3)22-25(23,24)15-8-9-17(16(20)12-15)21-14-6-4-13(5-7-14)10-11-19/h4-9,12,21-22H,10-11,20H2,1-3H3. The van der Waals surface area contributed by atoms with Gasteiger partial charge in [0.05, 0.1) is 16.3 Å². The molecule has 0 amide bonds. The number of benzene rings is 2. The van der Waals surface area contributed by atoms with Gasteiger partial charge in [0.2, 0.25) is 10.0 Å². The van der Waals surface area contributed by atoms with E-state index in [2.05, 4.69) is 10.0 Å². The molecule has 0 radical (unpaired) electrons. The van der Waals surface area contributed by atoms with E-state index in [9.17, 15) is 8.42 Å². The highest BCUT2D eigenvalue weighted by Gasteiger charge is 2.22. The Morgan fingerprint density at radius 1 is 1.08 bits per heavy atom. The molecule has 0 saturated heterocycles. The second-order valence-electron chi connectivity index (χ2n) is 6.87. The van der Waals surface area contributed by atoms with Gasteiger partial charge in [-0.25, -0.2) is 13.1 Å². The largest absolute Gasteiger partial charge is 0.397 e. The van der Waals surface area contributed by atoms with E-state index in [0.717, 1.165) is 17.7 Å². The Morgan fingerprint density at radius 2 is 1.72 bits per heavy atom. The van der Waals surface area contributed by atoms with Crippen LogP contribution in [0.5, 0.6) is 0 Å². The zero-order valence-corrected chi connectivity index (χ0v) is 16.2. The maximum Gasteiger partial charge on any atom is 0.241 e. The van der Waals surface area contributed by atoms with Crippen molar-refractivity contribution < 1.29 is 8.42 Å². The molecule has 25 heavy (non-hydrogen) atoms. The average Bonchev–Trinajstić information content (AvgIpc) is 2.49. The third-order valence-corrected chi connectivity index (χ3v) is 5.33. The van der Waals surface area contributed by atoms with E-state index in [0.29, 0.717) is 17.3 Å². The van der Waals surface area contributed by atoms with Gasteiger partial charge in [0.1, 0.15) is 0 Å². The highest BCUT2D eigenvalue weighted by atomic mass is 35.5. The summed E-state index contributed by atoms with van der Waals surface area (Å²) < 4.78 is 27.4. The van der Waals surface area contributed by atoms with Crippen LogP contribution >= 0.6 is 11.6 Å². The maximum absolute atomic E-state index is 12.4. The Hall–Kier alpha value is -1.76. The lowest BCUT2D eigenvalue weighted by Gasteiger charge is -2.20. The lowest BCUT2D eigenvalue weighted by atomic mass is 10.1. The Kier molecular flexibility index (Phi) is 5.98. The first-order valence-electron chi connectivity index (χ1n) is 7.96. The summed E-state index contributed by atoms with van der Waals surface area (Å²) in [6, 6.07) is 12.5. The highest BCUT2D eigenvalue weighted by Crippen LogP contribution is 2.26. The molecule has 136 valence electrons. The van der Waals surface area contributed by atoms with E-state index in [1.165, 1.54) is 12.1 Å². The van der Waals surface area contributed by atoms with Crippen LogP contribution in [-0.2, 0) is 16.4 Å². The Balaban J connectivity index is 2.19. The van der Waals surface area contributed by atoms with Crippen LogP contribution in [0.3, 0.4) is 0 Å². The van der Waals surface area contributed by atoms with Crippen molar-refractivity contribution in [2.24, 2.45) is 0 Å². The summed E-state index contributed by atoms with van der Waals surface area (Å²) in [5.74, 6) is 0.582. The molecule has 0 aliphatic heterocycles. The van der Waals surface area contributed by atoms with Gasteiger partial charge in [-0.15, -0.1) is 11.6 Å².